The molecule has 0 bridgehead atoms. The van der Waals surface area contributed by atoms with E-state index < -0.39 is 0 Å². The van der Waals surface area contributed by atoms with Crippen LogP contribution in [0.2, 0.25) is 0 Å². The molecule has 2 aromatic carbocycles. The lowest BCUT2D eigenvalue weighted by atomic mass is 10.1. The summed E-state index contributed by atoms with van der Waals surface area (Å²) < 4.78 is 0. The smallest absolute Gasteiger partial charge is 0.234 e. The Bertz CT molecular complexity index is 681. The van der Waals surface area contributed by atoms with Gasteiger partial charge in [0.1, 0.15) is 0 Å². The summed E-state index contributed by atoms with van der Waals surface area (Å²) in [5.74, 6) is 1.45. The molecular weight excluding hydrogens is 290 g/mol. The van der Waals surface area contributed by atoms with E-state index in [4.69, 9.17) is 0 Å². The zero-order valence-corrected chi connectivity index (χ0v) is 13.7. The Hall–Kier alpha value is -1.74. The minimum Gasteiger partial charge on any atom is -0.325 e. The van der Waals surface area contributed by atoms with Crippen LogP contribution in [0.15, 0.2) is 42.5 Å². The van der Waals surface area contributed by atoms with Crippen molar-refractivity contribution in [2.24, 2.45) is 0 Å². The monoisotopic (exact) mass is 311 g/mol. The van der Waals surface area contributed by atoms with Crippen molar-refractivity contribution in [2.45, 2.75) is 31.9 Å². The third kappa shape index (κ3) is 3.72. The molecule has 1 aliphatic carbocycles. The standard InChI is InChI=1S/C19H21NOS/c1-14-5-2-3-6-17(14)12-22-13-19(21)20-18-10-9-15-7-4-8-16(15)11-18/h2-3,5-6,9-11H,4,7-8,12-13H2,1H3,(H,20,21). The average molecular weight is 311 g/mol. The number of carbonyl (C=O) groups excluding carboxylic acids is 1. The minimum absolute atomic E-state index is 0.0801. The maximum atomic E-state index is 12.1. The van der Waals surface area contributed by atoms with E-state index in [1.807, 2.05) is 18.2 Å². The molecule has 0 spiro atoms. The lowest BCUT2D eigenvalue weighted by Crippen LogP contribution is -2.14. The zero-order valence-electron chi connectivity index (χ0n) is 12.9. The fraction of sp³-hybridized carbons (Fsp3) is 0.316. The number of thioether (sulfide) groups is 1. The topological polar surface area (TPSA) is 29.1 Å². The second kappa shape index (κ2) is 7.01. The molecule has 0 saturated heterocycles. The lowest BCUT2D eigenvalue weighted by Gasteiger charge is -2.08. The molecule has 3 rings (SSSR count). The molecule has 0 aromatic heterocycles. The summed E-state index contributed by atoms with van der Waals surface area (Å²) >= 11 is 1.66. The van der Waals surface area contributed by atoms with Crippen molar-refractivity contribution < 1.29 is 4.79 Å². The molecule has 2 aromatic rings. The summed E-state index contributed by atoms with van der Waals surface area (Å²) in [5.41, 5.74) is 6.35. The van der Waals surface area contributed by atoms with Crippen LogP contribution in [0.25, 0.3) is 0 Å². The third-order valence-electron chi connectivity index (χ3n) is 4.13. The van der Waals surface area contributed by atoms with Crippen LogP contribution >= 0.6 is 11.8 Å². The Morgan fingerprint density at radius 2 is 1.95 bits per heavy atom. The van der Waals surface area contributed by atoms with E-state index in [-0.39, 0.29) is 5.91 Å². The summed E-state index contributed by atoms with van der Waals surface area (Å²) in [6.07, 6.45) is 3.55. The number of carbonyl (C=O) groups is 1. The SMILES string of the molecule is Cc1ccccc1CSCC(=O)Nc1ccc2c(c1)CCC2. The minimum atomic E-state index is 0.0801. The highest BCUT2D eigenvalue weighted by Gasteiger charge is 2.11. The molecule has 2 nitrogen and oxygen atoms in total. The van der Waals surface area contributed by atoms with Crippen molar-refractivity contribution in [1.82, 2.24) is 0 Å². The van der Waals surface area contributed by atoms with Crippen LogP contribution in [0, 0.1) is 6.92 Å². The second-order valence-corrected chi connectivity index (χ2v) is 6.79. The molecule has 0 heterocycles. The highest BCUT2D eigenvalue weighted by Crippen LogP contribution is 2.25. The summed E-state index contributed by atoms with van der Waals surface area (Å²) in [5, 5.41) is 3.01. The van der Waals surface area contributed by atoms with Gasteiger partial charge in [0, 0.05) is 11.4 Å². The van der Waals surface area contributed by atoms with Gasteiger partial charge in [0.25, 0.3) is 0 Å². The number of aryl methyl sites for hydroxylation is 3. The van der Waals surface area contributed by atoms with Gasteiger partial charge in [-0.1, -0.05) is 30.3 Å². The number of benzene rings is 2. The molecule has 0 fully saturated rings. The van der Waals surface area contributed by atoms with Gasteiger partial charge in [-0.05, 0) is 60.6 Å². The molecule has 0 atom stereocenters. The van der Waals surface area contributed by atoms with Crippen molar-refractivity contribution in [3.63, 3.8) is 0 Å². The average Bonchev–Trinajstić information content (AvgIpc) is 2.97. The van der Waals surface area contributed by atoms with E-state index in [1.165, 1.54) is 35.1 Å². The van der Waals surface area contributed by atoms with Crippen molar-refractivity contribution in [2.75, 3.05) is 11.1 Å². The first-order valence-corrected chi connectivity index (χ1v) is 8.92. The first kappa shape index (κ1) is 15.2. The molecule has 0 aliphatic heterocycles. The van der Waals surface area contributed by atoms with Crippen molar-refractivity contribution >= 4 is 23.4 Å². The van der Waals surface area contributed by atoms with E-state index in [9.17, 15) is 4.79 Å². The predicted molar refractivity (Wildman–Crippen MR) is 94.4 cm³/mol. The molecular formula is C19H21NOS. The molecule has 0 saturated carbocycles. The molecule has 0 radical (unpaired) electrons. The van der Waals surface area contributed by atoms with Gasteiger partial charge in [-0.25, -0.2) is 0 Å². The Balaban J connectivity index is 1.49. The first-order valence-electron chi connectivity index (χ1n) is 7.76. The maximum Gasteiger partial charge on any atom is 0.234 e. The second-order valence-electron chi connectivity index (χ2n) is 5.80. The quantitative estimate of drug-likeness (QED) is 0.889. The third-order valence-corrected chi connectivity index (χ3v) is 5.12. The van der Waals surface area contributed by atoms with Crippen LogP contribution in [-0.4, -0.2) is 11.7 Å². The van der Waals surface area contributed by atoms with Gasteiger partial charge in [-0.2, -0.15) is 0 Å². The van der Waals surface area contributed by atoms with E-state index in [0.29, 0.717) is 5.75 Å². The fourth-order valence-electron chi connectivity index (χ4n) is 2.87. The maximum absolute atomic E-state index is 12.1. The van der Waals surface area contributed by atoms with Gasteiger partial charge in [0.15, 0.2) is 0 Å². The van der Waals surface area contributed by atoms with Gasteiger partial charge >= 0.3 is 0 Å². The van der Waals surface area contributed by atoms with Crippen molar-refractivity contribution in [1.29, 1.82) is 0 Å². The fourth-order valence-corrected chi connectivity index (χ4v) is 3.78. The van der Waals surface area contributed by atoms with Gasteiger partial charge in [-0.15, -0.1) is 11.8 Å². The van der Waals surface area contributed by atoms with E-state index in [1.54, 1.807) is 11.8 Å². The summed E-state index contributed by atoms with van der Waals surface area (Å²) in [6, 6.07) is 14.6. The normalized spacial score (nSPS) is 13.0. The Morgan fingerprint density at radius 1 is 1.14 bits per heavy atom. The van der Waals surface area contributed by atoms with Crippen LogP contribution in [0.4, 0.5) is 5.69 Å². The first-order chi connectivity index (χ1) is 10.7. The van der Waals surface area contributed by atoms with Crippen molar-refractivity contribution in [3.8, 4) is 0 Å². The van der Waals surface area contributed by atoms with E-state index >= 15 is 0 Å². The van der Waals surface area contributed by atoms with Gasteiger partial charge in [0.05, 0.1) is 5.75 Å². The molecule has 114 valence electrons. The number of amides is 1. The summed E-state index contributed by atoms with van der Waals surface area (Å²) in [7, 11) is 0. The highest BCUT2D eigenvalue weighted by atomic mass is 32.2. The molecule has 1 N–H and O–H groups in total. The van der Waals surface area contributed by atoms with Gasteiger partial charge in [-0.3, -0.25) is 4.79 Å². The Labute approximate surface area is 136 Å². The number of nitrogens with one attached hydrogen (secondary N) is 1. The van der Waals surface area contributed by atoms with Crippen LogP contribution in [-0.2, 0) is 23.4 Å². The number of anilines is 1. The summed E-state index contributed by atoms with van der Waals surface area (Å²) in [6.45, 7) is 2.11. The van der Waals surface area contributed by atoms with Crippen LogP contribution in [0.5, 0.6) is 0 Å². The van der Waals surface area contributed by atoms with E-state index in [0.717, 1.165) is 17.9 Å². The number of hydrogen-bond donors (Lipinski definition) is 1. The molecule has 1 amide bonds. The lowest BCUT2D eigenvalue weighted by molar-refractivity contribution is -0.113. The molecule has 1 aliphatic rings. The van der Waals surface area contributed by atoms with Crippen LogP contribution < -0.4 is 5.32 Å². The van der Waals surface area contributed by atoms with Crippen LogP contribution in [0.3, 0.4) is 0 Å². The number of fused-ring (bicyclic) bond motifs is 1. The predicted octanol–water partition coefficient (Wildman–Crippen LogP) is 4.36. The van der Waals surface area contributed by atoms with Gasteiger partial charge < -0.3 is 5.32 Å². The Morgan fingerprint density at radius 3 is 2.82 bits per heavy atom. The molecule has 0 unspecified atom stereocenters. The van der Waals surface area contributed by atoms with Crippen molar-refractivity contribution in [3.05, 3.63) is 64.7 Å². The number of hydrogen-bond acceptors (Lipinski definition) is 2. The van der Waals surface area contributed by atoms with E-state index in [2.05, 4.69) is 36.5 Å². The Kier molecular flexibility index (Phi) is 4.84. The van der Waals surface area contributed by atoms with Crippen LogP contribution in [0.1, 0.15) is 28.7 Å². The molecule has 22 heavy (non-hydrogen) atoms. The number of rotatable bonds is 5. The molecule has 3 heteroatoms. The summed E-state index contributed by atoms with van der Waals surface area (Å²) in [4.78, 5) is 12.1. The van der Waals surface area contributed by atoms with Gasteiger partial charge in [0.2, 0.25) is 5.91 Å². The largest absolute Gasteiger partial charge is 0.325 e. The highest BCUT2D eigenvalue weighted by molar-refractivity contribution is 7.99. The zero-order chi connectivity index (χ0) is 15.4.